The average molecular weight is 320 g/mol. The molecule has 0 unspecified atom stereocenters. The topological polar surface area (TPSA) is 41.0 Å². The van der Waals surface area contributed by atoms with Crippen molar-refractivity contribution in [1.82, 2.24) is 15.3 Å². The minimum absolute atomic E-state index is 0.971. The molecule has 4 nitrogen and oxygen atoms in total. The Morgan fingerprint density at radius 1 is 1.47 bits per heavy atom. The van der Waals surface area contributed by atoms with Crippen LogP contribution >= 0.6 is 22.6 Å². The Labute approximate surface area is 105 Å². The fraction of sp³-hybridized carbons (Fsp3) is 0.600. The van der Waals surface area contributed by atoms with Crippen LogP contribution in [0.25, 0.3) is 0 Å². The first-order valence-corrected chi connectivity index (χ1v) is 6.28. The Morgan fingerprint density at radius 3 is 2.87 bits per heavy atom. The predicted octanol–water partition coefficient (Wildman–Crippen LogP) is 1.52. The number of rotatable bonds is 6. The van der Waals surface area contributed by atoms with E-state index < -0.39 is 0 Å². The lowest BCUT2D eigenvalue weighted by Crippen LogP contribution is -2.33. The van der Waals surface area contributed by atoms with Crippen molar-refractivity contribution in [3.05, 3.63) is 16.1 Å². The number of aromatic nitrogens is 2. The van der Waals surface area contributed by atoms with E-state index >= 15 is 0 Å². The van der Waals surface area contributed by atoms with E-state index in [4.69, 9.17) is 0 Å². The van der Waals surface area contributed by atoms with Gasteiger partial charge in [-0.05, 0) is 36.1 Å². The normalized spacial score (nSPS) is 10.3. The third-order valence-electron chi connectivity index (χ3n) is 2.14. The van der Waals surface area contributed by atoms with Crippen molar-refractivity contribution in [2.45, 2.75) is 13.8 Å². The molecule has 0 aliphatic heterocycles. The molecule has 0 amide bonds. The highest BCUT2D eigenvalue weighted by Crippen LogP contribution is 2.17. The molecule has 0 saturated heterocycles. The van der Waals surface area contributed by atoms with Gasteiger partial charge in [-0.15, -0.1) is 0 Å². The number of likely N-dealkylation sites (N-methyl/N-ethyl adjacent to an activating group) is 2. The van der Waals surface area contributed by atoms with E-state index in [2.05, 4.69) is 56.6 Å². The fourth-order valence-electron chi connectivity index (χ4n) is 1.34. The van der Waals surface area contributed by atoms with Crippen molar-refractivity contribution < 1.29 is 0 Å². The van der Waals surface area contributed by atoms with Gasteiger partial charge in [0.05, 0.1) is 3.57 Å². The summed E-state index contributed by atoms with van der Waals surface area (Å²) in [4.78, 5) is 10.6. The van der Waals surface area contributed by atoms with E-state index in [1.165, 1.54) is 0 Å². The van der Waals surface area contributed by atoms with Gasteiger partial charge in [-0.2, -0.15) is 0 Å². The number of hydrogen-bond acceptors (Lipinski definition) is 4. The van der Waals surface area contributed by atoms with E-state index in [-0.39, 0.29) is 0 Å². The molecule has 0 fully saturated rings. The van der Waals surface area contributed by atoms with Gasteiger partial charge in [0.1, 0.15) is 12.1 Å². The average Bonchev–Trinajstić information content (AvgIpc) is 2.26. The molecule has 0 bridgehead atoms. The summed E-state index contributed by atoms with van der Waals surface area (Å²) in [7, 11) is 0. The summed E-state index contributed by atoms with van der Waals surface area (Å²) in [6, 6.07) is 0. The highest BCUT2D eigenvalue weighted by Gasteiger charge is 2.08. The van der Waals surface area contributed by atoms with Gasteiger partial charge in [-0.1, -0.05) is 6.92 Å². The first-order valence-electron chi connectivity index (χ1n) is 5.20. The Bertz CT molecular complexity index is 293. The molecule has 1 heterocycles. The molecule has 0 radical (unpaired) electrons. The zero-order valence-corrected chi connectivity index (χ0v) is 11.4. The molecule has 1 aromatic heterocycles. The first kappa shape index (κ1) is 12.6. The molecule has 15 heavy (non-hydrogen) atoms. The zero-order valence-electron chi connectivity index (χ0n) is 9.20. The predicted molar refractivity (Wildman–Crippen MR) is 71.2 cm³/mol. The second-order valence-corrected chi connectivity index (χ2v) is 4.29. The van der Waals surface area contributed by atoms with Crippen LogP contribution in [0.15, 0.2) is 12.5 Å². The number of anilines is 1. The third-order valence-corrected chi connectivity index (χ3v) is 2.90. The van der Waals surface area contributed by atoms with Crippen LogP contribution in [-0.4, -0.2) is 36.1 Å². The lowest BCUT2D eigenvalue weighted by atomic mass is 10.4. The largest absolute Gasteiger partial charge is 0.355 e. The van der Waals surface area contributed by atoms with Gasteiger partial charge in [-0.25, -0.2) is 9.97 Å². The van der Waals surface area contributed by atoms with Gasteiger partial charge in [0, 0.05) is 25.8 Å². The number of hydrogen-bond donors (Lipinski definition) is 1. The molecule has 1 rings (SSSR count). The lowest BCUT2D eigenvalue weighted by molar-refractivity contribution is 0.682. The monoisotopic (exact) mass is 320 g/mol. The molecule has 1 aromatic rings. The summed E-state index contributed by atoms with van der Waals surface area (Å²) >= 11 is 2.27. The SMILES string of the molecule is CCNCCN(CC)c1ncncc1I. The van der Waals surface area contributed by atoms with Crippen LogP contribution in [0.3, 0.4) is 0 Å². The molecule has 5 heteroatoms. The Balaban J connectivity index is 2.61. The molecule has 0 spiro atoms. The van der Waals surface area contributed by atoms with Crippen molar-refractivity contribution >= 4 is 28.4 Å². The Hall–Kier alpha value is -0.430. The van der Waals surface area contributed by atoms with Gasteiger partial charge in [0.25, 0.3) is 0 Å². The van der Waals surface area contributed by atoms with Gasteiger partial charge in [0.15, 0.2) is 0 Å². The quantitative estimate of drug-likeness (QED) is 0.637. The molecular weight excluding hydrogens is 303 g/mol. The maximum Gasteiger partial charge on any atom is 0.145 e. The van der Waals surface area contributed by atoms with Gasteiger partial charge in [0.2, 0.25) is 0 Å². The van der Waals surface area contributed by atoms with Crippen LogP contribution in [0, 0.1) is 3.57 Å². The summed E-state index contributed by atoms with van der Waals surface area (Å²) < 4.78 is 1.11. The van der Waals surface area contributed by atoms with Crippen LogP contribution in [0.4, 0.5) is 5.82 Å². The van der Waals surface area contributed by atoms with Crippen LogP contribution in [0.5, 0.6) is 0 Å². The van der Waals surface area contributed by atoms with Crippen molar-refractivity contribution in [1.29, 1.82) is 0 Å². The van der Waals surface area contributed by atoms with Gasteiger partial charge < -0.3 is 10.2 Å². The van der Waals surface area contributed by atoms with Crippen molar-refractivity contribution in [2.75, 3.05) is 31.1 Å². The molecule has 0 aliphatic rings. The molecule has 0 aliphatic carbocycles. The smallest absolute Gasteiger partial charge is 0.145 e. The minimum atomic E-state index is 0.971. The third kappa shape index (κ3) is 3.90. The second-order valence-electron chi connectivity index (χ2n) is 3.13. The second kappa shape index (κ2) is 6.95. The molecule has 0 saturated carbocycles. The zero-order chi connectivity index (χ0) is 11.1. The fourth-order valence-corrected chi connectivity index (χ4v) is 1.98. The van der Waals surface area contributed by atoms with E-state index in [1.54, 1.807) is 6.33 Å². The van der Waals surface area contributed by atoms with Gasteiger partial charge >= 0.3 is 0 Å². The highest BCUT2D eigenvalue weighted by molar-refractivity contribution is 14.1. The van der Waals surface area contributed by atoms with Gasteiger partial charge in [-0.3, -0.25) is 0 Å². The standard InChI is InChI=1S/C10H17IN4/c1-3-12-5-6-15(4-2)10-9(11)7-13-8-14-10/h7-8,12H,3-6H2,1-2H3. The van der Waals surface area contributed by atoms with Crippen LogP contribution in [0.2, 0.25) is 0 Å². The Morgan fingerprint density at radius 2 is 2.27 bits per heavy atom. The van der Waals surface area contributed by atoms with Crippen molar-refractivity contribution in [3.8, 4) is 0 Å². The van der Waals surface area contributed by atoms with Crippen LogP contribution < -0.4 is 10.2 Å². The summed E-state index contributed by atoms with van der Waals surface area (Å²) in [6.45, 7) is 8.22. The molecule has 0 atom stereocenters. The number of nitrogens with one attached hydrogen (secondary N) is 1. The highest BCUT2D eigenvalue weighted by atomic mass is 127. The molecular formula is C10H17IN4. The summed E-state index contributed by atoms with van der Waals surface area (Å²) in [5, 5.41) is 3.31. The van der Waals surface area contributed by atoms with Crippen LogP contribution in [-0.2, 0) is 0 Å². The van der Waals surface area contributed by atoms with E-state index in [9.17, 15) is 0 Å². The van der Waals surface area contributed by atoms with Crippen LogP contribution in [0.1, 0.15) is 13.8 Å². The Kier molecular flexibility index (Phi) is 5.85. The van der Waals surface area contributed by atoms with E-state index in [1.807, 2.05) is 6.20 Å². The molecule has 84 valence electrons. The maximum atomic E-state index is 4.31. The summed E-state index contributed by atoms with van der Waals surface area (Å²) in [5.41, 5.74) is 0. The van der Waals surface area contributed by atoms with Crippen molar-refractivity contribution in [3.63, 3.8) is 0 Å². The molecule has 1 N–H and O–H groups in total. The van der Waals surface area contributed by atoms with E-state index in [0.29, 0.717) is 0 Å². The lowest BCUT2D eigenvalue weighted by Gasteiger charge is -2.22. The summed E-state index contributed by atoms with van der Waals surface area (Å²) in [6.07, 6.45) is 3.45. The first-order chi connectivity index (χ1) is 7.29. The number of halogens is 1. The molecule has 0 aromatic carbocycles. The van der Waals surface area contributed by atoms with E-state index in [0.717, 1.165) is 35.6 Å². The van der Waals surface area contributed by atoms with Crippen molar-refractivity contribution in [2.24, 2.45) is 0 Å². The maximum absolute atomic E-state index is 4.31. The summed E-state index contributed by atoms with van der Waals surface area (Å²) in [5.74, 6) is 1.03. The number of nitrogens with zero attached hydrogens (tertiary/aromatic N) is 3. The minimum Gasteiger partial charge on any atom is -0.355 e.